The molecular formula is C11H17N5. The number of hydrogen-bond donors (Lipinski definition) is 1. The van der Waals surface area contributed by atoms with Gasteiger partial charge in [-0.15, -0.1) is 0 Å². The molecule has 0 unspecified atom stereocenters. The summed E-state index contributed by atoms with van der Waals surface area (Å²) in [5.41, 5.74) is 9.12. The number of aryl methyl sites for hydroxylation is 2. The number of rotatable bonds is 1. The first-order valence-electron chi connectivity index (χ1n) is 5.71. The Bertz CT molecular complexity index is 558. The SMILES string of the molecule is Cc1nn(C)c2c1nc(N)n2C1(C)CCC1. The fourth-order valence-corrected chi connectivity index (χ4v) is 2.73. The second kappa shape index (κ2) is 2.78. The summed E-state index contributed by atoms with van der Waals surface area (Å²) >= 11 is 0. The summed E-state index contributed by atoms with van der Waals surface area (Å²) in [5, 5.41) is 4.40. The van der Waals surface area contributed by atoms with Gasteiger partial charge >= 0.3 is 0 Å². The van der Waals surface area contributed by atoms with E-state index in [4.69, 9.17) is 5.73 Å². The minimum atomic E-state index is 0.138. The first-order chi connectivity index (χ1) is 7.53. The topological polar surface area (TPSA) is 61.7 Å². The minimum absolute atomic E-state index is 0.138. The van der Waals surface area contributed by atoms with Crippen LogP contribution in [-0.2, 0) is 12.6 Å². The quantitative estimate of drug-likeness (QED) is 0.791. The van der Waals surface area contributed by atoms with Gasteiger partial charge in [-0.25, -0.2) is 4.98 Å². The van der Waals surface area contributed by atoms with Crippen molar-refractivity contribution in [2.45, 2.75) is 38.6 Å². The van der Waals surface area contributed by atoms with E-state index < -0.39 is 0 Å². The standard InChI is InChI=1S/C11H17N5/c1-7-8-9(15(3)14-7)16(10(12)13-8)11(2)5-4-6-11/h4-6H2,1-3H3,(H2,12,13). The van der Waals surface area contributed by atoms with Crippen LogP contribution in [0.3, 0.4) is 0 Å². The molecule has 0 aliphatic heterocycles. The van der Waals surface area contributed by atoms with Gasteiger partial charge in [0.1, 0.15) is 5.52 Å². The average molecular weight is 219 g/mol. The van der Waals surface area contributed by atoms with Crippen molar-refractivity contribution in [3.63, 3.8) is 0 Å². The predicted molar refractivity (Wildman–Crippen MR) is 63.1 cm³/mol. The molecule has 5 nitrogen and oxygen atoms in total. The van der Waals surface area contributed by atoms with Crippen LogP contribution in [0.15, 0.2) is 0 Å². The van der Waals surface area contributed by atoms with E-state index in [-0.39, 0.29) is 5.54 Å². The van der Waals surface area contributed by atoms with Gasteiger partial charge in [-0.3, -0.25) is 9.25 Å². The molecule has 2 aromatic heterocycles. The molecule has 16 heavy (non-hydrogen) atoms. The molecule has 0 amide bonds. The lowest BCUT2D eigenvalue weighted by Crippen LogP contribution is -2.38. The number of nitrogens with zero attached hydrogens (tertiary/aromatic N) is 4. The average Bonchev–Trinajstić information content (AvgIpc) is 2.63. The summed E-state index contributed by atoms with van der Waals surface area (Å²) in [5.74, 6) is 0.619. The maximum absolute atomic E-state index is 6.04. The van der Waals surface area contributed by atoms with Crippen LogP contribution in [-0.4, -0.2) is 19.3 Å². The molecule has 2 aromatic rings. The van der Waals surface area contributed by atoms with Crippen molar-refractivity contribution in [3.8, 4) is 0 Å². The Morgan fingerprint density at radius 1 is 1.38 bits per heavy atom. The molecule has 0 radical (unpaired) electrons. The molecule has 1 saturated carbocycles. The van der Waals surface area contributed by atoms with E-state index in [0.29, 0.717) is 5.95 Å². The Kier molecular flexibility index (Phi) is 1.68. The van der Waals surface area contributed by atoms with E-state index >= 15 is 0 Å². The molecule has 0 bridgehead atoms. The maximum atomic E-state index is 6.04. The van der Waals surface area contributed by atoms with Crippen molar-refractivity contribution in [2.24, 2.45) is 7.05 Å². The molecule has 86 valence electrons. The van der Waals surface area contributed by atoms with Gasteiger partial charge in [-0.05, 0) is 33.1 Å². The van der Waals surface area contributed by atoms with Crippen LogP contribution in [0, 0.1) is 6.92 Å². The number of imidazole rings is 1. The zero-order valence-electron chi connectivity index (χ0n) is 9.99. The van der Waals surface area contributed by atoms with E-state index in [2.05, 4.69) is 21.6 Å². The maximum Gasteiger partial charge on any atom is 0.203 e. The monoisotopic (exact) mass is 219 g/mol. The number of anilines is 1. The van der Waals surface area contributed by atoms with Crippen molar-refractivity contribution in [1.29, 1.82) is 0 Å². The highest BCUT2D eigenvalue weighted by atomic mass is 15.4. The zero-order valence-corrected chi connectivity index (χ0v) is 9.99. The lowest BCUT2D eigenvalue weighted by atomic mass is 9.78. The van der Waals surface area contributed by atoms with Gasteiger partial charge in [0.15, 0.2) is 5.65 Å². The summed E-state index contributed by atoms with van der Waals surface area (Å²) in [4.78, 5) is 4.44. The Hall–Kier alpha value is -1.52. The number of hydrogen-bond acceptors (Lipinski definition) is 3. The molecule has 0 saturated heterocycles. The fraction of sp³-hybridized carbons (Fsp3) is 0.636. The van der Waals surface area contributed by atoms with Crippen LogP contribution in [0.4, 0.5) is 5.95 Å². The van der Waals surface area contributed by atoms with Crippen LogP contribution < -0.4 is 5.73 Å². The van der Waals surface area contributed by atoms with Crippen molar-refractivity contribution in [2.75, 3.05) is 5.73 Å². The van der Waals surface area contributed by atoms with Gasteiger partial charge in [0.2, 0.25) is 5.95 Å². The van der Waals surface area contributed by atoms with Crippen molar-refractivity contribution >= 4 is 17.1 Å². The third-order valence-corrected chi connectivity index (χ3v) is 3.80. The Balaban J connectivity index is 2.34. The van der Waals surface area contributed by atoms with Gasteiger partial charge in [0.25, 0.3) is 0 Å². The highest BCUT2D eigenvalue weighted by Crippen LogP contribution is 2.42. The Morgan fingerprint density at radius 2 is 2.06 bits per heavy atom. The third kappa shape index (κ3) is 1.00. The van der Waals surface area contributed by atoms with E-state index in [0.717, 1.165) is 16.9 Å². The number of aromatic nitrogens is 4. The molecular weight excluding hydrogens is 202 g/mol. The van der Waals surface area contributed by atoms with Crippen LogP contribution in [0.25, 0.3) is 11.2 Å². The van der Waals surface area contributed by atoms with Crippen LogP contribution in [0.1, 0.15) is 31.9 Å². The predicted octanol–water partition coefficient (Wildman–Crippen LogP) is 1.56. The molecule has 0 atom stereocenters. The van der Waals surface area contributed by atoms with Crippen LogP contribution >= 0.6 is 0 Å². The Labute approximate surface area is 94.2 Å². The molecule has 0 aromatic carbocycles. The van der Waals surface area contributed by atoms with Gasteiger partial charge in [0, 0.05) is 12.6 Å². The fourth-order valence-electron chi connectivity index (χ4n) is 2.73. The number of fused-ring (bicyclic) bond motifs is 1. The second-order valence-corrected chi connectivity index (χ2v) is 5.04. The van der Waals surface area contributed by atoms with Gasteiger partial charge in [0.05, 0.1) is 5.69 Å². The van der Waals surface area contributed by atoms with E-state index in [1.54, 1.807) is 0 Å². The summed E-state index contributed by atoms with van der Waals surface area (Å²) in [6.07, 6.45) is 3.62. The summed E-state index contributed by atoms with van der Waals surface area (Å²) in [6.45, 7) is 4.22. The van der Waals surface area contributed by atoms with E-state index in [9.17, 15) is 0 Å². The van der Waals surface area contributed by atoms with Crippen LogP contribution in [0.5, 0.6) is 0 Å². The zero-order chi connectivity index (χ0) is 11.5. The highest BCUT2D eigenvalue weighted by molar-refractivity contribution is 5.78. The van der Waals surface area contributed by atoms with Crippen LogP contribution in [0.2, 0.25) is 0 Å². The summed E-state index contributed by atoms with van der Waals surface area (Å²) in [6, 6.07) is 0. The molecule has 2 heterocycles. The van der Waals surface area contributed by atoms with Crippen molar-refractivity contribution < 1.29 is 0 Å². The minimum Gasteiger partial charge on any atom is -0.369 e. The smallest absolute Gasteiger partial charge is 0.203 e. The lowest BCUT2D eigenvalue weighted by Gasteiger charge is -2.40. The van der Waals surface area contributed by atoms with E-state index in [1.807, 2.05) is 18.7 Å². The first-order valence-corrected chi connectivity index (χ1v) is 5.71. The molecule has 0 spiro atoms. The third-order valence-electron chi connectivity index (χ3n) is 3.80. The first kappa shape index (κ1) is 9.69. The largest absolute Gasteiger partial charge is 0.369 e. The number of nitrogens with two attached hydrogens (primary N) is 1. The lowest BCUT2D eigenvalue weighted by molar-refractivity contribution is 0.175. The van der Waals surface area contributed by atoms with Gasteiger partial charge in [-0.2, -0.15) is 5.10 Å². The molecule has 1 aliphatic carbocycles. The van der Waals surface area contributed by atoms with Crippen molar-refractivity contribution in [1.82, 2.24) is 19.3 Å². The second-order valence-electron chi connectivity index (χ2n) is 5.04. The molecule has 2 N–H and O–H groups in total. The molecule has 1 aliphatic rings. The molecule has 1 fully saturated rings. The Morgan fingerprint density at radius 3 is 2.62 bits per heavy atom. The summed E-state index contributed by atoms with van der Waals surface area (Å²) in [7, 11) is 1.95. The van der Waals surface area contributed by atoms with Gasteiger partial charge in [-0.1, -0.05) is 0 Å². The summed E-state index contributed by atoms with van der Waals surface area (Å²) < 4.78 is 4.05. The van der Waals surface area contributed by atoms with Gasteiger partial charge < -0.3 is 5.73 Å². The highest BCUT2D eigenvalue weighted by Gasteiger charge is 2.37. The van der Waals surface area contributed by atoms with E-state index in [1.165, 1.54) is 19.3 Å². The molecule has 5 heteroatoms. The number of nitrogen functional groups attached to an aromatic ring is 1. The molecule has 3 rings (SSSR count). The normalized spacial score (nSPS) is 18.9. The van der Waals surface area contributed by atoms with Crippen molar-refractivity contribution in [3.05, 3.63) is 5.69 Å².